The van der Waals surface area contributed by atoms with Crippen molar-refractivity contribution < 1.29 is 4.79 Å². The van der Waals surface area contributed by atoms with Crippen LogP contribution in [0.1, 0.15) is 43.6 Å². The maximum atomic E-state index is 12.9. The number of halogens is 3. The van der Waals surface area contributed by atoms with Crippen LogP contribution < -0.4 is 5.32 Å². The number of nitrogens with zero attached hydrogens (tertiary/aromatic N) is 1. The number of pyridine rings is 1. The fraction of sp³-hybridized carbons (Fsp3) is 0.368. The van der Waals surface area contributed by atoms with Crippen LogP contribution in [-0.2, 0) is 4.79 Å². The molecular formula is C19H19Cl3N2O. The zero-order valence-electron chi connectivity index (χ0n) is 13.6. The maximum Gasteiger partial charge on any atom is 0.233 e. The van der Waals surface area contributed by atoms with Gasteiger partial charge in [0.25, 0.3) is 0 Å². The second-order valence-corrected chi connectivity index (χ2v) is 7.71. The van der Waals surface area contributed by atoms with Crippen LogP contribution in [0.4, 0.5) is 5.82 Å². The number of rotatable bonds is 5. The zero-order chi connectivity index (χ0) is 17.8. The van der Waals surface area contributed by atoms with E-state index in [9.17, 15) is 4.79 Å². The molecular weight excluding hydrogens is 379 g/mol. The Morgan fingerprint density at radius 2 is 1.88 bits per heavy atom. The summed E-state index contributed by atoms with van der Waals surface area (Å²) < 4.78 is 0. The third-order valence-electron chi connectivity index (χ3n) is 4.68. The van der Waals surface area contributed by atoms with Crippen LogP contribution in [0, 0.1) is 5.92 Å². The molecule has 1 aliphatic rings. The van der Waals surface area contributed by atoms with Crippen molar-refractivity contribution in [1.29, 1.82) is 0 Å². The van der Waals surface area contributed by atoms with Crippen molar-refractivity contribution >= 4 is 46.5 Å². The zero-order valence-corrected chi connectivity index (χ0v) is 15.9. The van der Waals surface area contributed by atoms with Crippen molar-refractivity contribution in [1.82, 2.24) is 4.98 Å². The van der Waals surface area contributed by atoms with Gasteiger partial charge in [-0.25, -0.2) is 4.98 Å². The van der Waals surface area contributed by atoms with Crippen molar-refractivity contribution in [2.45, 2.75) is 38.0 Å². The van der Waals surface area contributed by atoms with E-state index in [-0.39, 0.29) is 11.8 Å². The Balaban J connectivity index is 1.82. The second kappa shape index (κ2) is 8.39. The average molecular weight is 398 g/mol. The first-order valence-corrected chi connectivity index (χ1v) is 9.53. The van der Waals surface area contributed by atoms with Crippen molar-refractivity contribution in [2.24, 2.45) is 5.92 Å². The Morgan fingerprint density at radius 1 is 1.12 bits per heavy atom. The molecule has 1 atom stereocenters. The maximum absolute atomic E-state index is 12.9. The van der Waals surface area contributed by atoms with E-state index in [1.807, 2.05) is 6.07 Å². The minimum Gasteiger partial charge on any atom is -0.310 e. The molecule has 1 saturated carbocycles. The van der Waals surface area contributed by atoms with E-state index >= 15 is 0 Å². The number of benzene rings is 1. The first kappa shape index (κ1) is 18.5. The molecule has 1 aromatic carbocycles. The Kier molecular flexibility index (Phi) is 6.21. The van der Waals surface area contributed by atoms with Crippen LogP contribution in [-0.4, -0.2) is 10.9 Å². The number of carbonyl (C=O) groups is 1. The van der Waals surface area contributed by atoms with Crippen LogP contribution >= 0.6 is 34.8 Å². The summed E-state index contributed by atoms with van der Waals surface area (Å²) in [5, 5.41) is 4.38. The van der Waals surface area contributed by atoms with Gasteiger partial charge in [-0.1, -0.05) is 66.6 Å². The molecule has 25 heavy (non-hydrogen) atoms. The van der Waals surface area contributed by atoms with E-state index in [2.05, 4.69) is 10.3 Å². The predicted molar refractivity (Wildman–Crippen MR) is 104 cm³/mol. The molecule has 0 unspecified atom stereocenters. The van der Waals surface area contributed by atoms with E-state index in [0.29, 0.717) is 26.8 Å². The van der Waals surface area contributed by atoms with Gasteiger partial charge in [0, 0.05) is 6.20 Å². The summed E-state index contributed by atoms with van der Waals surface area (Å²) in [5.41, 5.74) is 0.882. The first-order valence-electron chi connectivity index (χ1n) is 8.40. The van der Waals surface area contributed by atoms with Gasteiger partial charge in [-0.05, 0) is 42.2 Å². The van der Waals surface area contributed by atoms with E-state index in [0.717, 1.165) is 12.0 Å². The summed E-state index contributed by atoms with van der Waals surface area (Å²) in [4.78, 5) is 17.1. The van der Waals surface area contributed by atoms with Gasteiger partial charge in [-0.15, -0.1) is 0 Å². The van der Waals surface area contributed by atoms with Crippen LogP contribution in [0.3, 0.4) is 0 Å². The quantitative estimate of drug-likeness (QED) is 0.639. The molecule has 0 bridgehead atoms. The van der Waals surface area contributed by atoms with E-state index in [1.54, 1.807) is 24.3 Å². The Morgan fingerprint density at radius 3 is 2.52 bits per heavy atom. The minimum absolute atomic E-state index is 0.0832. The number of nitrogens with one attached hydrogen (secondary N) is 1. The monoisotopic (exact) mass is 396 g/mol. The number of hydrogen-bond donors (Lipinski definition) is 1. The summed E-state index contributed by atoms with van der Waals surface area (Å²) >= 11 is 18.0. The molecule has 0 spiro atoms. The molecule has 132 valence electrons. The topological polar surface area (TPSA) is 42.0 Å². The minimum atomic E-state index is -0.282. The van der Waals surface area contributed by atoms with E-state index in [4.69, 9.17) is 34.8 Å². The van der Waals surface area contributed by atoms with Crippen LogP contribution in [0.5, 0.6) is 0 Å². The van der Waals surface area contributed by atoms with Crippen LogP contribution in [0.15, 0.2) is 36.5 Å². The molecule has 0 aliphatic heterocycles. The molecule has 1 fully saturated rings. The van der Waals surface area contributed by atoms with Gasteiger partial charge in [-0.3, -0.25) is 4.79 Å². The van der Waals surface area contributed by atoms with Gasteiger partial charge in [0.05, 0.1) is 21.0 Å². The predicted octanol–water partition coefficient (Wildman–Crippen LogP) is 6.34. The van der Waals surface area contributed by atoms with Gasteiger partial charge in [0.1, 0.15) is 5.82 Å². The molecule has 1 heterocycles. The largest absolute Gasteiger partial charge is 0.310 e. The summed E-state index contributed by atoms with van der Waals surface area (Å²) in [5.74, 6) is 0.685. The van der Waals surface area contributed by atoms with Gasteiger partial charge in [-0.2, -0.15) is 0 Å². The normalized spacial score (nSPS) is 16.0. The fourth-order valence-electron chi connectivity index (χ4n) is 3.37. The lowest BCUT2D eigenvalue weighted by Gasteiger charge is -2.21. The second-order valence-electron chi connectivity index (χ2n) is 6.46. The SMILES string of the molecule is O=C(Nc1ccc(Cl)cn1)[C@H](CC1CCCC1)c1ccc(Cl)c(Cl)c1. The Hall–Kier alpha value is -1.29. The third kappa shape index (κ3) is 4.87. The van der Waals surface area contributed by atoms with Gasteiger partial charge in [0.2, 0.25) is 5.91 Å². The molecule has 6 heteroatoms. The highest BCUT2D eigenvalue weighted by Crippen LogP contribution is 2.36. The standard InChI is InChI=1S/C19H19Cl3N2O/c20-14-6-8-18(23-11-14)24-19(25)15(9-12-3-1-2-4-12)13-5-7-16(21)17(22)10-13/h5-8,10-12,15H,1-4,9H2,(H,23,24,25)/t15-/m1/s1. The van der Waals surface area contributed by atoms with Gasteiger partial charge >= 0.3 is 0 Å². The van der Waals surface area contributed by atoms with Crippen molar-refractivity contribution in [3.05, 3.63) is 57.2 Å². The van der Waals surface area contributed by atoms with Gasteiger partial charge in [0.15, 0.2) is 0 Å². The highest BCUT2D eigenvalue weighted by molar-refractivity contribution is 6.42. The van der Waals surface area contributed by atoms with Gasteiger partial charge < -0.3 is 5.32 Å². The molecule has 3 rings (SSSR count). The number of amides is 1. The Labute approximate surface area is 162 Å². The lowest BCUT2D eigenvalue weighted by molar-refractivity contribution is -0.118. The number of aromatic nitrogens is 1. The lowest BCUT2D eigenvalue weighted by atomic mass is 9.87. The number of carbonyl (C=O) groups excluding carboxylic acids is 1. The molecule has 0 radical (unpaired) electrons. The van der Waals surface area contributed by atoms with Crippen molar-refractivity contribution in [3.63, 3.8) is 0 Å². The Bertz CT molecular complexity index is 743. The van der Waals surface area contributed by atoms with Crippen LogP contribution in [0.2, 0.25) is 15.1 Å². The number of hydrogen-bond acceptors (Lipinski definition) is 2. The fourth-order valence-corrected chi connectivity index (χ4v) is 3.78. The molecule has 3 nitrogen and oxygen atoms in total. The smallest absolute Gasteiger partial charge is 0.233 e. The van der Waals surface area contributed by atoms with E-state index in [1.165, 1.54) is 31.9 Å². The molecule has 2 aromatic rings. The summed E-state index contributed by atoms with van der Waals surface area (Å²) in [6.07, 6.45) is 7.13. The molecule has 0 saturated heterocycles. The highest BCUT2D eigenvalue weighted by Gasteiger charge is 2.27. The van der Waals surface area contributed by atoms with Crippen molar-refractivity contribution in [3.8, 4) is 0 Å². The molecule has 1 aromatic heterocycles. The first-order chi connectivity index (χ1) is 12.0. The third-order valence-corrected chi connectivity index (χ3v) is 5.65. The highest BCUT2D eigenvalue weighted by atomic mass is 35.5. The van der Waals surface area contributed by atoms with Crippen LogP contribution in [0.25, 0.3) is 0 Å². The molecule has 1 aliphatic carbocycles. The summed E-state index contributed by atoms with van der Waals surface area (Å²) in [6, 6.07) is 8.81. The summed E-state index contributed by atoms with van der Waals surface area (Å²) in [7, 11) is 0. The van der Waals surface area contributed by atoms with Crippen molar-refractivity contribution in [2.75, 3.05) is 5.32 Å². The van der Waals surface area contributed by atoms with E-state index < -0.39 is 0 Å². The lowest BCUT2D eigenvalue weighted by Crippen LogP contribution is -2.23. The molecule has 1 amide bonds. The number of anilines is 1. The molecule has 1 N–H and O–H groups in total. The summed E-state index contributed by atoms with van der Waals surface area (Å²) in [6.45, 7) is 0. The average Bonchev–Trinajstić information content (AvgIpc) is 3.10.